The van der Waals surface area contributed by atoms with E-state index >= 15 is 0 Å². The van der Waals surface area contributed by atoms with Gasteiger partial charge in [-0.25, -0.2) is 4.98 Å². The van der Waals surface area contributed by atoms with E-state index in [4.69, 9.17) is 4.74 Å². The van der Waals surface area contributed by atoms with Gasteiger partial charge in [0, 0.05) is 39.3 Å². The number of piperazine rings is 1. The molecule has 2 aromatic rings. The Labute approximate surface area is 176 Å². The van der Waals surface area contributed by atoms with Crippen LogP contribution in [-0.2, 0) is 4.74 Å². The highest BCUT2D eigenvalue weighted by Crippen LogP contribution is 2.18. The van der Waals surface area contributed by atoms with E-state index in [1.54, 1.807) is 12.3 Å². The van der Waals surface area contributed by atoms with Crippen molar-refractivity contribution in [3.8, 4) is 0 Å². The minimum absolute atomic E-state index is 0.112. The molecule has 1 fully saturated rings. The van der Waals surface area contributed by atoms with E-state index < -0.39 is 6.10 Å². The molecule has 1 aliphatic heterocycles. The van der Waals surface area contributed by atoms with Crippen LogP contribution < -0.4 is 10.2 Å². The molecule has 2 aromatic heterocycles. The van der Waals surface area contributed by atoms with Crippen LogP contribution in [-0.4, -0.2) is 72.9 Å². The Morgan fingerprint density at radius 2 is 2.03 bits per heavy atom. The van der Waals surface area contributed by atoms with Crippen LogP contribution in [0.15, 0.2) is 35.8 Å². The quantitative estimate of drug-likeness (QED) is 0.652. The van der Waals surface area contributed by atoms with Crippen molar-refractivity contribution >= 4 is 28.7 Å². The normalized spacial score (nSPS) is 16.2. The Bertz CT molecular complexity index is 744. The highest BCUT2D eigenvalue weighted by molar-refractivity contribution is 7.12. The predicted molar refractivity (Wildman–Crippen MR) is 117 cm³/mol. The van der Waals surface area contributed by atoms with Crippen molar-refractivity contribution in [3.63, 3.8) is 0 Å². The summed E-state index contributed by atoms with van der Waals surface area (Å²) in [6, 6.07) is 7.48. The van der Waals surface area contributed by atoms with Gasteiger partial charge in [0.2, 0.25) is 0 Å². The minimum atomic E-state index is -0.454. The summed E-state index contributed by atoms with van der Waals surface area (Å²) in [4.78, 5) is 21.8. The van der Waals surface area contributed by atoms with E-state index in [1.807, 2.05) is 23.6 Å². The number of nitrogens with zero attached hydrogens (tertiary/aromatic N) is 3. The number of hydrogen-bond donors (Lipinski definition) is 2. The van der Waals surface area contributed by atoms with E-state index in [9.17, 15) is 9.90 Å². The molecule has 0 spiro atoms. The maximum absolute atomic E-state index is 12.1. The zero-order chi connectivity index (χ0) is 20.6. The Morgan fingerprint density at radius 1 is 1.24 bits per heavy atom. The Hall–Kier alpha value is -2.00. The number of carbonyl (C=O) groups is 1. The maximum Gasteiger partial charge on any atom is 0.265 e. The van der Waals surface area contributed by atoms with Crippen LogP contribution in [0.1, 0.15) is 23.5 Å². The summed E-state index contributed by atoms with van der Waals surface area (Å²) in [6.07, 6.45) is 1.24. The molecule has 0 unspecified atom stereocenters. The van der Waals surface area contributed by atoms with Crippen molar-refractivity contribution in [1.82, 2.24) is 9.88 Å². The molecule has 2 N–H and O–H groups in total. The summed E-state index contributed by atoms with van der Waals surface area (Å²) in [5.41, 5.74) is 0.690. The Kier molecular flexibility index (Phi) is 8.00. The van der Waals surface area contributed by atoms with Crippen molar-refractivity contribution in [3.05, 3.63) is 40.7 Å². The van der Waals surface area contributed by atoms with Crippen molar-refractivity contribution in [2.24, 2.45) is 5.92 Å². The standard InChI is InChI=1S/C21H30N4O3S/c1-16(2)14-28-15-18(26)13-24-7-9-25(10-8-24)20-6-5-17(12-22-20)23-21(27)19-4-3-11-29-19/h3-6,11-12,16,18,26H,7-10,13-15H2,1-2H3,(H,23,27)/t18-/m0/s1. The lowest BCUT2D eigenvalue weighted by Gasteiger charge is -2.36. The fraction of sp³-hybridized carbons (Fsp3) is 0.524. The molecule has 0 aromatic carbocycles. The number of pyridine rings is 1. The summed E-state index contributed by atoms with van der Waals surface area (Å²) in [5, 5.41) is 14.9. The summed E-state index contributed by atoms with van der Waals surface area (Å²) < 4.78 is 5.52. The van der Waals surface area contributed by atoms with Crippen LogP contribution in [0.25, 0.3) is 0 Å². The van der Waals surface area contributed by atoms with Gasteiger partial charge in [-0.15, -0.1) is 11.3 Å². The first-order valence-corrected chi connectivity index (χ1v) is 10.9. The molecule has 0 radical (unpaired) electrons. The molecule has 3 rings (SSSR count). The van der Waals surface area contributed by atoms with Crippen LogP contribution in [0.5, 0.6) is 0 Å². The summed E-state index contributed by atoms with van der Waals surface area (Å²) >= 11 is 1.41. The number of β-amino-alcohol motifs (C(OH)–C–C–N with tert-alkyl or cyclic N) is 1. The van der Waals surface area contributed by atoms with Crippen molar-refractivity contribution in [2.75, 3.05) is 56.2 Å². The second-order valence-electron chi connectivity index (χ2n) is 7.71. The maximum atomic E-state index is 12.1. The number of ether oxygens (including phenoxy) is 1. The third-order valence-electron chi connectivity index (χ3n) is 4.68. The number of amides is 1. The number of hydrogen-bond acceptors (Lipinski definition) is 7. The van der Waals surface area contributed by atoms with Gasteiger partial charge < -0.3 is 20.1 Å². The number of aromatic nitrogens is 1. The number of nitrogens with one attached hydrogen (secondary N) is 1. The van der Waals surface area contributed by atoms with Crippen LogP contribution >= 0.6 is 11.3 Å². The molecular formula is C21H30N4O3S. The highest BCUT2D eigenvalue weighted by Gasteiger charge is 2.20. The van der Waals surface area contributed by atoms with E-state index in [0.717, 1.165) is 32.0 Å². The van der Waals surface area contributed by atoms with Crippen molar-refractivity contribution in [1.29, 1.82) is 0 Å². The van der Waals surface area contributed by atoms with Gasteiger partial charge in [0.1, 0.15) is 5.82 Å². The fourth-order valence-corrected chi connectivity index (χ4v) is 3.82. The lowest BCUT2D eigenvalue weighted by molar-refractivity contribution is 0.00745. The lowest BCUT2D eigenvalue weighted by Crippen LogP contribution is -2.49. The van der Waals surface area contributed by atoms with E-state index in [-0.39, 0.29) is 5.91 Å². The van der Waals surface area contributed by atoms with E-state index in [0.29, 0.717) is 36.2 Å². The van der Waals surface area contributed by atoms with Crippen LogP contribution in [0.3, 0.4) is 0 Å². The van der Waals surface area contributed by atoms with Gasteiger partial charge in [-0.05, 0) is 29.5 Å². The summed E-state index contributed by atoms with van der Waals surface area (Å²) in [5.74, 6) is 1.27. The van der Waals surface area contributed by atoms with Gasteiger partial charge >= 0.3 is 0 Å². The smallest absolute Gasteiger partial charge is 0.265 e. The van der Waals surface area contributed by atoms with Crippen LogP contribution in [0.2, 0.25) is 0 Å². The number of carbonyl (C=O) groups excluding carboxylic acids is 1. The van der Waals surface area contributed by atoms with E-state index in [1.165, 1.54) is 11.3 Å². The first-order valence-electron chi connectivity index (χ1n) is 10.1. The number of aliphatic hydroxyl groups excluding tert-OH is 1. The summed E-state index contributed by atoms with van der Waals surface area (Å²) in [7, 11) is 0. The third-order valence-corrected chi connectivity index (χ3v) is 5.55. The average Bonchev–Trinajstić information content (AvgIpc) is 3.24. The van der Waals surface area contributed by atoms with E-state index in [2.05, 4.69) is 33.9 Å². The molecule has 8 heteroatoms. The monoisotopic (exact) mass is 418 g/mol. The average molecular weight is 419 g/mol. The number of aliphatic hydroxyl groups is 1. The minimum Gasteiger partial charge on any atom is -0.389 e. The number of anilines is 2. The second kappa shape index (κ2) is 10.7. The van der Waals surface area contributed by atoms with Gasteiger partial charge in [-0.2, -0.15) is 0 Å². The van der Waals surface area contributed by atoms with Crippen LogP contribution in [0, 0.1) is 5.92 Å². The molecule has 0 bridgehead atoms. The Balaban J connectivity index is 1.42. The fourth-order valence-electron chi connectivity index (χ4n) is 3.20. The highest BCUT2D eigenvalue weighted by atomic mass is 32.1. The molecule has 0 aliphatic carbocycles. The SMILES string of the molecule is CC(C)COC[C@@H](O)CN1CCN(c2ccc(NC(=O)c3cccs3)cn2)CC1. The molecule has 158 valence electrons. The van der Waals surface area contributed by atoms with Gasteiger partial charge in [0.05, 0.1) is 29.5 Å². The largest absolute Gasteiger partial charge is 0.389 e. The number of rotatable bonds is 9. The molecule has 29 heavy (non-hydrogen) atoms. The van der Waals surface area contributed by atoms with Gasteiger partial charge in [0.15, 0.2) is 0 Å². The summed E-state index contributed by atoms with van der Waals surface area (Å²) in [6.45, 7) is 9.36. The first kappa shape index (κ1) is 21.7. The molecule has 1 amide bonds. The molecule has 1 aliphatic rings. The first-order chi connectivity index (χ1) is 14.0. The zero-order valence-corrected chi connectivity index (χ0v) is 17.9. The third kappa shape index (κ3) is 6.78. The second-order valence-corrected chi connectivity index (χ2v) is 8.66. The molecular weight excluding hydrogens is 388 g/mol. The van der Waals surface area contributed by atoms with Crippen molar-refractivity contribution < 1.29 is 14.6 Å². The molecule has 7 nitrogen and oxygen atoms in total. The van der Waals surface area contributed by atoms with Gasteiger partial charge in [0.25, 0.3) is 5.91 Å². The molecule has 1 saturated heterocycles. The number of thiophene rings is 1. The molecule has 0 saturated carbocycles. The predicted octanol–water partition coefficient (Wildman–Crippen LogP) is 2.55. The topological polar surface area (TPSA) is 77.9 Å². The Morgan fingerprint density at radius 3 is 2.66 bits per heavy atom. The van der Waals surface area contributed by atoms with Crippen molar-refractivity contribution in [2.45, 2.75) is 20.0 Å². The zero-order valence-electron chi connectivity index (χ0n) is 17.1. The molecule has 3 heterocycles. The van der Waals surface area contributed by atoms with Gasteiger partial charge in [-0.3, -0.25) is 9.69 Å². The lowest BCUT2D eigenvalue weighted by atomic mass is 10.2. The van der Waals surface area contributed by atoms with Gasteiger partial charge in [-0.1, -0.05) is 19.9 Å². The van der Waals surface area contributed by atoms with Crippen LogP contribution in [0.4, 0.5) is 11.5 Å². The molecule has 1 atom stereocenters.